The molecular weight excluding hydrogens is 545 g/mol. The summed E-state index contributed by atoms with van der Waals surface area (Å²) in [6, 6.07) is 14.0. The fourth-order valence-electron chi connectivity index (χ4n) is 6.53. The molecule has 2 N–H and O–H groups in total. The Morgan fingerprint density at radius 1 is 1.05 bits per heavy atom. The zero-order chi connectivity index (χ0) is 30.9. The topological polar surface area (TPSA) is 91.8 Å². The molecule has 5 rings (SSSR count). The number of piperidine rings is 1. The Morgan fingerprint density at radius 3 is 2.28 bits per heavy atom. The number of carboxylic acid groups (broad SMARTS) is 1. The highest BCUT2D eigenvalue weighted by molar-refractivity contribution is 5.95. The Labute approximate surface area is 253 Å². The second-order valence-corrected chi connectivity index (χ2v) is 13.1. The molecule has 2 aliphatic rings. The summed E-state index contributed by atoms with van der Waals surface area (Å²) in [6.45, 7) is 11.0. The van der Waals surface area contributed by atoms with Crippen LogP contribution in [0, 0.1) is 25.1 Å². The van der Waals surface area contributed by atoms with Gasteiger partial charge in [0.05, 0.1) is 16.9 Å². The first-order valence-electron chi connectivity index (χ1n) is 15.2. The molecule has 0 radical (unpaired) electrons. The lowest BCUT2D eigenvalue weighted by Gasteiger charge is -2.49. The van der Waals surface area contributed by atoms with E-state index in [2.05, 4.69) is 10.2 Å². The SMILES string of the molecule is Cc1nc(C)c(C(OC(C)(C)C)C(=O)O)c(N2CCC3(CCC3)CC2)c1-c1ccc(C(=O)NCc2ccccc2)c(F)c1. The number of aryl methyl sites for hydroxylation is 2. The van der Waals surface area contributed by atoms with Crippen LogP contribution < -0.4 is 10.2 Å². The van der Waals surface area contributed by atoms with Gasteiger partial charge in [-0.05, 0) is 89.0 Å². The van der Waals surface area contributed by atoms with Crippen molar-refractivity contribution in [3.63, 3.8) is 0 Å². The molecule has 1 atom stereocenters. The number of aromatic nitrogens is 1. The van der Waals surface area contributed by atoms with E-state index in [1.807, 2.05) is 65.0 Å². The van der Waals surface area contributed by atoms with Crippen molar-refractivity contribution in [2.45, 2.75) is 85.0 Å². The average Bonchev–Trinajstić information content (AvgIpc) is 2.94. The first-order valence-corrected chi connectivity index (χ1v) is 15.2. The predicted octanol–water partition coefficient (Wildman–Crippen LogP) is 7.15. The Morgan fingerprint density at radius 2 is 1.72 bits per heavy atom. The fraction of sp³-hybridized carbons (Fsp3) is 0.457. The summed E-state index contributed by atoms with van der Waals surface area (Å²) in [6.07, 6.45) is 4.53. The van der Waals surface area contributed by atoms with Crippen molar-refractivity contribution in [1.82, 2.24) is 10.3 Å². The summed E-state index contributed by atoms with van der Waals surface area (Å²) in [5, 5.41) is 13.2. The molecule has 2 heterocycles. The van der Waals surface area contributed by atoms with Gasteiger partial charge < -0.3 is 20.1 Å². The Balaban J connectivity index is 1.57. The van der Waals surface area contributed by atoms with E-state index < -0.39 is 29.4 Å². The van der Waals surface area contributed by atoms with Gasteiger partial charge in [0.2, 0.25) is 0 Å². The molecule has 1 spiro atoms. The molecule has 43 heavy (non-hydrogen) atoms. The lowest BCUT2D eigenvalue weighted by Crippen LogP contribution is -2.44. The van der Waals surface area contributed by atoms with Crippen molar-refractivity contribution in [2.75, 3.05) is 18.0 Å². The summed E-state index contributed by atoms with van der Waals surface area (Å²) >= 11 is 0. The predicted molar refractivity (Wildman–Crippen MR) is 166 cm³/mol. The lowest BCUT2D eigenvalue weighted by molar-refractivity contribution is -0.160. The van der Waals surface area contributed by atoms with Crippen LogP contribution in [0.5, 0.6) is 0 Å². The highest BCUT2D eigenvalue weighted by Gasteiger charge is 2.42. The van der Waals surface area contributed by atoms with E-state index in [-0.39, 0.29) is 12.1 Å². The molecule has 1 aliphatic heterocycles. The number of hydrogen-bond donors (Lipinski definition) is 2. The number of carbonyl (C=O) groups is 2. The first-order chi connectivity index (χ1) is 20.4. The number of pyridine rings is 1. The average molecular weight is 588 g/mol. The van der Waals surface area contributed by atoms with Gasteiger partial charge in [0.25, 0.3) is 5.91 Å². The molecule has 1 saturated heterocycles. The standard InChI is InChI=1S/C35H42FN3O4/c1-22-28(25-12-13-26(27(36)20-25)32(40)37-21-24-10-7-6-8-11-24)30(39-18-16-35(17-19-39)14-9-15-35)29(23(2)38-22)31(33(41)42)43-34(3,4)5/h6-8,10-13,20,31H,9,14-19,21H2,1-5H3,(H,37,40)(H,41,42). The smallest absolute Gasteiger partial charge is 0.337 e. The number of carbonyl (C=O) groups excluding carboxylic acids is 1. The Hall–Kier alpha value is -3.78. The van der Waals surface area contributed by atoms with Crippen LogP contribution >= 0.6 is 0 Å². The number of halogens is 1. The molecule has 8 heteroatoms. The van der Waals surface area contributed by atoms with Crippen molar-refractivity contribution in [3.8, 4) is 11.1 Å². The Bertz CT molecular complexity index is 1500. The quantitative estimate of drug-likeness (QED) is 0.291. The van der Waals surface area contributed by atoms with Crippen molar-refractivity contribution in [2.24, 2.45) is 5.41 Å². The molecular formula is C35H42FN3O4. The number of hydrogen-bond acceptors (Lipinski definition) is 5. The molecule has 1 aliphatic carbocycles. The summed E-state index contributed by atoms with van der Waals surface area (Å²) in [5.74, 6) is -2.25. The van der Waals surface area contributed by atoms with Crippen LogP contribution in [-0.4, -0.2) is 40.7 Å². The molecule has 1 unspecified atom stereocenters. The van der Waals surface area contributed by atoms with Gasteiger partial charge in [0.1, 0.15) is 5.82 Å². The van der Waals surface area contributed by atoms with E-state index >= 15 is 4.39 Å². The number of nitrogens with zero attached hydrogens (tertiary/aromatic N) is 2. The second kappa shape index (κ2) is 12.1. The molecule has 7 nitrogen and oxygen atoms in total. The molecule has 1 aromatic heterocycles. The highest BCUT2D eigenvalue weighted by Crippen LogP contribution is 2.51. The number of rotatable bonds is 8. The van der Waals surface area contributed by atoms with Gasteiger partial charge in [0, 0.05) is 42.1 Å². The first kappa shape index (κ1) is 30.7. The van der Waals surface area contributed by atoms with Gasteiger partial charge in [-0.3, -0.25) is 9.78 Å². The maximum atomic E-state index is 15.6. The molecule has 228 valence electrons. The summed E-state index contributed by atoms with van der Waals surface area (Å²) in [5.41, 5.74) is 4.21. The van der Waals surface area contributed by atoms with E-state index in [1.165, 1.54) is 31.4 Å². The van der Waals surface area contributed by atoms with E-state index in [1.54, 1.807) is 6.07 Å². The van der Waals surface area contributed by atoms with Gasteiger partial charge in [0.15, 0.2) is 6.10 Å². The fourth-order valence-corrected chi connectivity index (χ4v) is 6.53. The minimum atomic E-state index is -1.26. The van der Waals surface area contributed by atoms with Gasteiger partial charge in [-0.25, -0.2) is 9.18 Å². The Kier molecular flexibility index (Phi) is 8.61. The maximum absolute atomic E-state index is 15.6. The minimum absolute atomic E-state index is 0.0523. The van der Waals surface area contributed by atoms with Crippen molar-refractivity contribution in [3.05, 3.63) is 82.4 Å². The number of aliphatic carboxylic acids is 1. The number of benzene rings is 2. The van der Waals surface area contributed by atoms with Crippen LogP contribution in [-0.2, 0) is 16.1 Å². The second-order valence-electron chi connectivity index (χ2n) is 13.1. The van der Waals surface area contributed by atoms with Crippen LogP contribution in [0.25, 0.3) is 11.1 Å². The lowest BCUT2D eigenvalue weighted by atomic mass is 9.63. The van der Waals surface area contributed by atoms with Gasteiger partial charge >= 0.3 is 5.97 Å². The monoisotopic (exact) mass is 587 g/mol. The molecule has 1 amide bonds. The number of ether oxygens (including phenoxy) is 1. The third-order valence-electron chi connectivity index (χ3n) is 8.89. The van der Waals surface area contributed by atoms with Gasteiger partial charge in [-0.2, -0.15) is 0 Å². The van der Waals surface area contributed by atoms with Crippen molar-refractivity contribution < 1.29 is 23.8 Å². The number of amides is 1. The third-order valence-corrected chi connectivity index (χ3v) is 8.89. The zero-order valence-electron chi connectivity index (χ0n) is 25.8. The van der Waals surface area contributed by atoms with Gasteiger partial charge in [-0.15, -0.1) is 0 Å². The van der Waals surface area contributed by atoms with Crippen LogP contribution in [0.15, 0.2) is 48.5 Å². The van der Waals surface area contributed by atoms with Gasteiger partial charge in [-0.1, -0.05) is 42.8 Å². The van der Waals surface area contributed by atoms with Crippen LogP contribution in [0.4, 0.5) is 10.1 Å². The normalized spacial score (nSPS) is 16.9. The molecule has 2 aromatic carbocycles. The largest absolute Gasteiger partial charge is 0.479 e. The number of anilines is 1. The summed E-state index contributed by atoms with van der Waals surface area (Å²) < 4.78 is 21.8. The van der Waals surface area contributed by atoms with Crippen LogP contribution in [0.2, 0.25) is 0 Å². The molecule has 3 aromatic rings. The maximum Gasteiger partial charge on any atom is 0.337 e. The zero-order valence-corrected chi connectivity index (χ0v) is 25.8. The minimum Gasteiger partial charge on any atom is -0.479 e. The van der Waals surface area contributed by atoms with E-state index in [4.69, 9.17) is 9.72 Å². The van der Waals surface area contributed by atoms with Crippen molar-refractivity contribution >= 4 is 17.6 Å². The third kappa shape index (κ3) is 6.59. The molecule has 0 bridgehead atoms. The van der Waals surface area contributed by atoms with E-state index in [0.29, 0.717) is 33.5 Å². The molecule has 2 fully saturated rings. The number of nitrogens with one attached hydrogen (secondary N) is 1. The molecule has 1 saturated carbocycles. The van der Waals surface area contributed by atoms with Crippen LogP contribution in [0.3, 0.4) is 0 Å². The summed E-state index contributed by atoms with van der Waals surface area (Å²) in [4.78, 5) is 32.6. The van der Waals surface area contributed by atoms with E-state index in [9.17, 15) is 14.7 Å². The van der Waals surface area contributed by atoms with Crippen molar-refractivity contribution in [1.29, 1.82) is 0 Å². The number of carboxylic acids is 1. The highest BCUT2D eigenvalue weighted by atomic mass is 19.1. The van der Waals surface area contributed by atoms with E-state index in [0.717, 1.165) is 37.2 Å². The van der Waals surface area contributed by atoms with Crippen LogP contribution in [0.1, 0.15) is 91.9 Å². The summed E-state index contributed by atoms with van der Waals surface area (Å²) in [7, 11) is 0.